The van der Waals surface area contributed by atoms with Gasteiger partial charge in [0, 0.05) is 11.4 Å². The molecule has 1 aromatic rings. The quantitative estimate of drug-likeness (QED) is 0.836. The maximum Gasteiger partial charge on any atom is 0.261 e. The summed E-state index contributed by atoms with van der Waals surface area (Å²) in [7, 11) is 0. The Morgan fingerprint density at radius 2 is 2.32 bits per heavy atom. The molecule has 1 atom stereocenters. The smallest absolute Gasteiger partial charge is 0.261 e. The van der Waals surface area contributed by atoms with E-state index in [2.05, 4.69) is 38.7 Å². The number of aryl methyl sites for hydroxylation is 1. The van der Waals surface area contributed by atoms with Crippen molar-refractivity contribution in [3.8, 4) is 0 Å². The summed E-state index contributed by atoms with van der Waals surface area (Å²) in [5.41, 5.74) is 1.74. The molecule has 0 spiro atoms. The van der Waals surface area contributed by atoms with Crippen molar-refractivity contribution in [3.05, 3.63) is 34.0 Å². The number of carbonyl (C=O) groups excluding carboxylic acids is 1. The summed E-state index contributed by atoms with van der Waals surface area (Å²) in [5.74, 6) is 0.755. The zero-order valence-corrected chi connectivity index (χ0v) is 12.9. The van der Waals surface area contributed by atoms with E-state index in [0.29, 0.717) is 12.0 Å². The van der Waals surface area contributed by atoms with E-state index in [9.17, 15) is 4.79 Å². The van der Waals surface area contributed by atoms with Crippen molar-refractivity contribution in [1.82, 2.24) is 5.32 Å². The fourth-order valence-corrected chi connectivity index (χ4v) is 3.75. The largest absolute Gasteiger partial charge is 0.348 e. The van der Waals surface area contributed by atoms with Crippen LogP contribution in [-0.2, 0) is 12.8 Å². The second-order valence-corrected chi connectivity index (χ2v) is 7.50. The summed E-state index contributed by atoms with van der Waals surface area (Å²) in [4.78, 5) is 14.2. The summed E-state index contributed by atoms with van der Waals surface area (Å²) in [6.45, 7) is 11.1. The summed E-state index contributed by atoms with van der Waals surface area (Å²) in [6, 6.07) is 2.09. The van der Waals surface area contributed by atoms with Gasteiger partial charge in [0.1, 0.15) is 0 Å². The van der Waals surface area contributed by atoms with E-state index < -0.39 is 0 Å². The fraction of sp³-hybridized carbons (Fsp3) is 0.562. The molecule has 0 radical (unpaired) electrons. The first kappa shape index (κ1) is 14.3. The van der Waals surface area contributed by atoms with E-state index in [1.54, 1.807) is 17.4 Å². The standard InChI is InChI=1S/C16H23NOS/c1-5-8-17-15(18)14-10-11-9-12(16(2,3)4)6-7-13(11)19-14/h5,10,12H,1,6-9H2,2-4H3,(H,17,18). The van der Waals surface area contributed by atoms with E-state index in [0.717, 1.165) is 23.6 Å². The van der Waals surface area contributed by atoms with Gasteiger partial charge in [-0.15, -0.1) is 17.9 Å². The molecule has 19 heavy (non-hydrogen) atoms. The lowest BCUT2D eigenvalue weighted by molar-refractivity contribution is 0.0962. The molecule has 104 valence electrons. The molecule has 0 saturated heterocycles. The molecular weight excluding hydrogens is 254 g/mol. The van der Waals surface area contributed by atoms with Crippen LogP contribution >= 0.6 is 11.3 Å². The van der Waals surface area contributed by atoms with E-state index in [1.807, 2.05) is 0 Å². The van der Waals surface area contributed by atoms with Crippen LogP contribution in [-0.4, -0.2) is 12.5 Å². The predicted molar refractivity (Wildman–Crippen MR) is 81.8 cm³/mol. The average molecular weight is 277 g/mol. The molecule has 1 amide bonds. The van der Waals surface area contributed by atoms with Crippen LogP contribution in [0.2, 0.25) is 0 Å². The lowest BCUT2D eigenvalue weighted by Crippen LogP contribution is -2.26. The Bertz CT molecular complexity index is 481. The first-order chi connectivity index (χ1) is 8.91. The van der Waals surface area contributed by atoms with Gasteiger partial charge >= 0.3 is 0 Å². The van der Waals surface area contributed by atoms with Crippen molar-refractivity contribution in [2.45, 2.75) is 40.0 Å². The summed E-state index contributed by atoms with van der Waals surface area (Å²) >= 11 is 1.66. The molecule has 2 nitrogen and oxygen atoms in total. The predicted octanol–water partition coefficient (Wildman–Crippen LogP) is 3.81. The summed E-state index contributed by atoms with van der Waals surface area (Å²) < 4.78 is 0. The van der Waals surface area contributed by atoms with Gasteiger partial charge in [0.05, 0.1) is 4.88 Å². The molecule has 1 aliphatic rings. The zero-order valence-electron chi connectivity index (χ0n) is 12.1. The number of hydrogen-bond donors (Lipinski definition) is 1. The summed E-state index contributed by atoms with van der Waals surface area (Å²) in [5, 5.41) is 2.85. The molecule has 0 bridgehead atoms. The molecule has 0 aliphatic heterocycles. The van der Waals surface area contributed by atoms with E-state index >= 15 is 0 Å². The number of rotatable bonds is 3. The number of carbonyl (C=O) groups is 1. The van der Waals surface area contributed by atoms with E-state index in [1.165, 1.54) is 16.9 Å². The third kappa shape index (κ3) is 3.27. The molecule has 3 heteroatoms. The number of fused-ring (bicyclic) bond motifs is 1. The van der Waals surface area contributed by atoms with Crippen LogP contribution in [0.1, 0.15) is 47.3 Å². The highest BCUT2D eigenvalue weighted by Crippen LogP contribution is 2.39. The van der Waals surface area contributed by atoms with Gasteiger partial charge < -0.3 is 5.32 Å². The van der Waals surface area contributed by atoms with Gasteiger partial charge in [-0.1, -0.05) is 26.8 Å². The van der Waals surface area contributed by atoms with Crippen LogP contribution in [0.25, 0.3) is 0 Å². The molecule has 1 N–H and O–H groups in total. The lowest BCUT2D eigenvalue weighted by Gasteiger charge is -2.33. The van der Waals surface area contributed by atoms with Crippen LogP contribution in [0.3, 0.4) is 0 Å². The summed E-state index contributed by atoms with van der Waals surface area (Å²) in [6.07, 6.45) is 5.19. The molecule has 1 aliphatic carbocycles. The number of amides is 1. The van der Waals surface area contributed by atoms with Crippen LogP contribution in [0.5, 0.6) is 0 Å². The zero-order chi connectivity index (χ0) is 14.0. The van der Waals surface area contributed by atoms with Crippen molar-refractivity contribution < 1.29 is 4.79 Å². The topological polar surface area (TPSA) is 29.1 Å². The minimum atomic E-state index is 0.0339. The van der Waals surface area contributed by atoms with Gasteiger partial charge in [0.2, 0.25) is 0 Å². The minimum absolute atomic E-state index is 0.0339. The highest BCUT2D eigenvalue weighted by atomic mass is 32.1. The van der Waals surface area contributed by atoms with Crippen LogP contribution in [0, 0.1) is 11.3 Å². The van der Waals surface area contributed by atoms with Crippen molar-refractivity contribution >= 4 is 17.2 Å². The van der Waals surface area contributed by atoms with Gasteiger partial charge in [-0.2, -0.15) is 0 Å². The highest BCUT2D eigenvalue weighted by molar-refractivity contribution is 7.14. The van der Waals surface area contributed by atoms with Crippen molar-refractivity contribution in [2.75, 3.05) is 6.54 Å². The number of thiophene rings is 1. The van der Waals surface area contributed by atoms with Crippen LogP contribution in [0.15, 0.2) is 18.7 Å². The maximum atomic E-state index is 12.0. The first-order valence-electron chi connectivity index (χ1n) is 6.92. The highest BCUT2D eigenvalue weighted by Gasteiger charge is 2.30. The molecule has 0 saturated carbocycles. The molecule has 2 rings (SSSR count). The molecule has 0 fully saturated rings. The van der Waals surface area contributed by atoms with Crippen molar-refractivity contribution in [3.63, 3.8) is 0 Å². The molecule has 0 aromatic carbocycles. The Morgan fingerprint density at radius 3 is 2.95 bits per heavy atom. The first-order valence-corrected chi connectivity index (χ1v) is 7.74. The van der Waals surface area contributed by atoms with E-state index in [4.69, 9.17) is 0 Å². The molecular formula is C16H23NOS. The third-order valence-electron chi connectivity index (χ3n) is 3.94. The van der Waals surface area contributed by atoms with Crippen molar-refractivity contribution in [2.24, 2.45) is 11.3 Å². The third-order valence-corrected chi connectivity index (χ3v) is 5.17. The van der Waals surface area contributed by atoms with Crippen molar-refractivity contribution in [1.29, 1.82) is 0 Å². The Labute approximate surface area is 119 Å². The van der Waals surface area contributed by atoms with Gasteiger partial charge in [-0.3, -0.25) is 4.79 Å². The fourth-order valence-electron chi connectivity index (χ4n) is 2.63. The maximum absolute atomic E-state index is 12.0. The number of nitrogens with one attached hydrogen (secondary N) is 1. The average Bonchev–Trinajstić information content (AvgIpc) is 2.77. The van der Waals surface area contributed by atoms with Gasteiger partial charge in [0.25, 0.3) is 5.91 Å². The second kappa shape index (κ2) is 5.49. The Hall–Kier alpha value is -1.09. The Balaban J connectivity index is 2.12. The van der Waals surface area contributed by atoms with Gasteiger partial charge in [0.15, 0.2) is 0 Å². The molecule has 1 heterocycles. The molecule has 1 aromatic heterocycles. The minimum Gasteiger partial charge on any atom is -0.348 e. The Kier molecular flexibility index (Phi) is 4.14. The van der Waals surface area contributed by atoms with Crippen LogP contribution in [0.4, 0.5) is 0 Å². The van der Waals surface area contributed by atoms with E-state index in [-0.39, 0.29) is 5.91 Å². The molecule has 1 unspecified atom stereocenters. The van der Waals surface area contributed by atoms with Crippen LogP contribution < -0.4 is 5.32 Å². The normalized spacial score (nSPS) is 18.8. The van der Waals surface area contributed by atoms with Gasteiger partial charge in [-0.05, 0) is 42.2 Å². The second-order valence-electron chi connectivity index (χ2n) is 6.36. The SMILES string of the molecule is C=CCNC(=O)c1cc2c(s1)CCC(C(C)(C)C)C2. The lowest BCUT2D eigenvalue weighted by atomic mass is 9.72. The number of hydrogen-bond acceptors (Lipinski definition) is 2. The van der Waals surface area contributed by atoms with Gasteiger partial charge in [-0.25, -0.2) is 0 Å². The Morgan fingerprint density at radius 1 is 1.58 bits per heavy atom. The monoisotopic (exact) mass is 277 g/mol.